The molecule has 0 radical (unpaired) electrons. The maximum atomic E-state index is 12.4. The maximum absolute atomic E-state index is 12.4. The number of aryl methyl sites for hydroxylation is 1. The minimum absolute atomic E-state index is 0.363. The van der Waals surface area contributed by atoms with E-state index in [0.717, 1.165) is 22.4 Å². The Balaban J connectivity index is 1.67. The quantitative estimate of drug-likeness (QED) is 0.437. The van der Waals surface area contributed by atoms with Gasteiger partial charge < -0.3 is 20.0 Å². The number of fused-ring (bicyclic) bond motifs is 1. The first-order valence-electron chi connectivity index (χ1n) is 10.3. The molecule has 9 nitrogen and oxygen atoms in total. The van der Waals surface area contributed by atoms with E-state index in [0.29, 0.717) is 29.7 Å². The van der Waals surface area contributed by atoms with Gasteiger partial charge in [-0.25, -0.2) is 9.78 Å². The van der Waals surface area contributed by atoms with Gasteiger partial charge in [-0.1, -0.05) is 0 Å². The largest absolute Gasteiger partial charge is 0.421 e. The Bertz CT molecular complexity index is 1330. The minimum atomic E-state index is -4.50. The van der Waals surface area contributed by atoms with Crippen molar-refractivity contribution in [3.05, 3.63) is 54.2 Å². The molecule has 0 saturated heterocycles. The number of hydrogen-bond acceptors (Lipinski definition) is 6. The maximum Gasteiger partial charge on any atom is 0.405 e. The fraction of sp³-hybridized carbons (Fsp3) is 0.273. The van der Waals surface area contributed by atoms with Crippen LogP contribution in [0.2, 0.25) is 0 Å². The average molecular weight is 473 g/mol. The monoisotopic (exact) mass is 473 g/mol. The van der Waals surface area contributed by atoms with Crippen molar-refractivity contribution in [1.29, 1.82) is 0 Å². The molecule has 0 aliphatic heterocycles. The van der Waals surface area contributed by atoms with E-state index in [1.807, 2.05) is 53.1 Å². The summed E-state index contributed by atoms with van der Waals surface area (Å²) in [5, 5.41) is 12.2. The second kappa shape index (κ2) is 9.14. The molecule has 1 aromatic carbocycles. The second-order valence-corrected chi connectivity index (χ2v) is 7.99. The first-order valence-corrected chi connectivity index (χ1v) is 10.3. The number of halogens is 3. The van der Waals surface area contributed by atoms with Crippen LogP contribution in [0.25, 0.3) is 28.4 Å². The highest BCUT2D eigenvalue weighted by molar-refractivity contribution is 5.90. The summed E-state index contributed by atoms with van der Waals surface area (Å²) in [6.07, 6.45) is -1.00. The molecule has 3 heterocycles. The Hall–Kier alpha value is -3.93. The number of nitrogens with one attached hydrogen (secondary N) is 2. The van der Waals surface area contributed by atoms with Crippen molar-refractivity contribution >= 4 is 17.4 Å². The predicted molar refractivity (Wildman–Crippen MR) is 119 cm³/mol. The minimum Gasteiger partial charge on any atom is -0.421 e. The summed E-state index contributed by atoms with van der Waals surface area (Å²) in [5.41, 5.74) is 4.06. The number of imidazole rings is 1. The molecule has 3 aromatic heterocycles. The van der Waals surface area contributed by atoms with Crippen LogP contribution in [0.3, 0.4) is 0 Å². The summed E-state index contributed by atoms with van der Waals surface area (Å²) in [4.78, 5) is 18.4. The molecule has 0 bridgehead atoms. The predicted octanol–water partition coefficient (Wildman–Crippen LogP) is 4.11. The van der Waals surface area contributed by atoms with Gasteiger partial charge in [0.2, 0.25) is 11.8 Å². The molecular weight excluding hydrogens is 451 g/mol. The fourth-order valence-electron chi connectivity index (χ4n) is 3.46. The van der Waals surface area contributed by atoms with Gasteiger partial charge >= 0.3 is 12.2 Å². The SMILES string of the molecule is Cc1nnc(-c2ccn3c(-c4cc(CN(C)C)cc(NC(=O)NCC(F)(F)F)c4)cnc3c2)o1. The number of alkyl halides is 3. The number of hydrogen-bond donors (Lipinski definition) is 2. The van der Waals surface area contributed by atoms with Gasteiger partial charge in [0.25, 0.3) is 0 Å². The molecule has 34 heavy (non-hydrogen) atoms. The van der Waals surface area contributed by atoms with Gasteiger partial charge in [-0.2, -0.15) is 13.2 Å². The number of carbonyl (C=O) groups is 1. The number of anilines is 1. The second-order valence-electron chi connectivity index (χ2n) is 7.99. The van der Waals surface area contributed by atoms with Crippen LogP contribution in [-0.4, -0.2) is 57.3 Å². The van der Waals surface area contributed by atoms with Gasteiger partial charge in [-0.15, -0.1) is 10.2 Å². The Labute approximate surface area is 192 Å². The zero-order valence-corrected chi connectivity index (χ0v) is 18.6. The van der Waals surface area contributed by atoms with E-state index in [-0.39, 0.29) is 0 Å². The highest BCUT2D eigenvalue weighted by Crippen LogP contribution is 2.28. The van der Waals surface area contributed by atoms with Gasteiger partial charge in [-0.3, -0.25) is 4.40 Å². The highest BCUT2D eigenvalue weighted by Gasteiger charge is 2.27. The number of rotatable bonds is 6. The molecular formula is C22H22F3N7O2. The van der Waals surface area contributed by atoms with Crippen LogP contribution in [0.1, 0.15) is 11.5 Å². The van der Waals surface area contributed by atoms with E-state index in [1.54, 1.807) is 25.3 Å². The highest BCUT2D eigenvalue weighted by atomic mass is 19.4. The Morgan fingerprint density at radius 2 is 1.94 bits per heavy atom. The molecule has 0 atom stereocenters. The molecule has 0 aliphatic rings. The zero-order chi connectivity index (χ0) is 24.5. The lowest BCUT2D eigenvalue weighted by Gasteiger charge is -2.15. The molecule has 12 heteroatoms. The van der Waals surface area contributed by atoms with Gasteiger partial charge in [0.1, 0.15) is 12.2 Å². The van der Waals surface area contributed by atoms with Crippen molar-refractivity contribution in [3.63, 3.8) is 0 Å². The number of benzene rings is 1. The molecule has 2 amide bonds. The number of amides is 2. The van der Waals surface area contributed by atoms with Crippen molar-refractivity contribution in [2.45, 2.75) is 19.6 Å². The van der Waals surface area contributed by atoms with Crippen LogP contribution < -0.4 is 10.6 Å². The normalized spacial score (nSPS) is 11.9. The molecule has 0 aliphatic carbocycles. The fourth-order valence-corrected chi connectivity index (χ4v) is 3.46. The van der Waals surface area contributed by atoms with E-state index >= 15 is 0 Å². The summed E-state index contributed by atoms with van der Waals surface area (Å²) in [5.74, 6) is 0.838. The van der Waals surface area contributed by atoms with Crippen LogP contribution in [0, 0.1) is 6.92 Å². The van der Waals surface area contributed by atoms with E-state index in [4.69, 9.17) is 4.42 Å². The Morgan fingerprint density at radius 1 is 1.15 bits per heavy atom. The molecule has 0 spiro atoms. The molecule has 178 valence electrons. The Morgan fingerprint density at radius 3 is 2.62 bits per heavy atom. The van der Waals surface area contributed by atoms with Crippen molar-refractivity contribution in [1.82, 2.24) is 29.8 Å². The van der Waals surface area contributed by atoms with Crippen molar-refractivity contribution in [3.8, 4) is 22.7 Å². The third kappa shape index (κ3) is 5.52. The van der Waals surface area contributed by atoms with Crippen LogP contribution in [0.4, 0.5) is 23.7 Å². The lowest BCUT2D eigenvalue weighted by atomic mass is 10.1. The first-order chi connectivity index (χ1) is 16.1. The van der Waals surface area contributed by atoms with E-state index in [9.17, 15) is 18.0 Å². The molecule has 2 N–H and O–H groups in total. The van der Waals surface area contributed by atoms with Gasteiger partial charge in [-0.05, 0) is 50.0 Å². The lowest BCUT2D eigenvalue weighted by Crippen LogP contribution is -2.36. The lowest BCUT2D eigenvalue weighted by molar-refractivity contribution is -0.122. The van der Waals surface area contributed by atoms with E-state index in [2.05, 4.69) is 20.5 Å². The van der Waals surface area contributed by atoms with Crippen molar-refractivity contribution < 1.29 is 22.4 Å². The molecule has 4 aromatic rings. The smallest absolute Gasteiger partial charge is 0.405 e. The number of urea groups is 1. The number of nitrogens with zero attached hydrogens (tertiary/aromatic N) is 5. The first kappa shape index (κ1) is 23.2. The average Bonchev–Trinajstić information content (AvgIpc) is 3.37. The van der Waals surface area contributed by atoms with Gasteiger partial charge in [0.05, 0.1) is 11.9 Å². The zero-order valence-electron chi connectivity index (χ0n) is 18.6. The Kier molecular flexibility index (Phi) is 6.24. The third-order valence-corrected chi connectivity index (χ3v) is 4.78. The summed E-state index contributed by atoms with van der Waals surface area (Å²) < 4.78 is 44.6. The molecule has 0 saturated carbocycles. The summed E-state index contributed by atoms with van der Waals surface area (Å²) >= 11 is 0. The number of pyridine rings is 1. The van der Waals surface area contributed by atoms with E-state index in [1.165, 1.54) is 0 Å². The van der Waals surface area contributed by atoms with E-state index < -0.39 is 18.8 Å². The summed E-state index contributed by atoms with van der Waals surface area (Å²) in [6.45, 7) is 0.848. The molecule has 0 unspecified atom stereocenters. The van der Waals surface area contributed by atoms with Crippen LogP contribution in [0.15, 0.2) is 47.1 Å². The van der Waals surface area contributed by atoms with Gasteiger partial charge in [0, 0.05) is 36.5 Å². The van der Waals surface area contributed by atoms with Crippen molar-refractivity contribution in [2.24, 2.45) is 0 Å². The molecule has 4 rings (SSSR count). The molecule has 0 fully saturated rings. The summed E-state index contributed by atoms with van der Waals surface area (Å²) in [6, 6.07) is 8.03. The number of aromatic nitrogens is 4. The van der Waals surface area contributed by atoms with Crippen molar-refractivity contribution in [2.75, 3.05) is 26.0 Å². The van der Waals surface area contributed by atoms with Crippen LogP contribution >= 0.6 is 0 Å². The topological polar surface area (TPSA) is 101 Å². The van der Waals surface area contributed by atoms with Crippen LogP contribution in [-0.2, 0) is 6.54 Å². The standard InChI is InChI=1S/C22H22F3N7O2/c1-13-29-30-20(34-13)15-4-5-32-18(10-26-19(32)9-15)16-6-14(11-31(2)3)7-17(8-16)28-21(33)27-12-22(23,24)25/h4-10H,11-12H2,1-3H3,(H2,27,28,33). The third-order valence-electron chi connectivity index (χ3n) is 4.78. The van der Waals surface area contributed by atoms with Crippen LogP contribution in [0.5, 0.6) is 0 Å². The van der Waals surface area contributed by atoms with Gasteiger partial charge in [0.15, 0.2) is 0 Å². The summed E-state index contributed by atoms with van der Waals surface area (Å²) in [7, 11) is 3.79. The number of carbonyl (C=O) groups excluding carboxylic acids is 1.